The third kappa shape index (κ3) is 2.88. The Morgan fingerprint density at radius 3 is 2.58 bits per heavy atom. The largest absolute Gasteiger partial charge is 0.478 e. The average Bonchev–Trinajstić information content (AvgIpc) is 2.32. The highest BCUT2D eigenvalue weighted by molar-refractivity contribution is 5.89. The summed E-state index contributed by atoms with van der Waals surface area (Å²) >= 11 is 0. The fourth-order valence-corrected chi connectivity index (χ4v) is 1.72. The number of benzene rings is 1. The monoisotopic (exact) mass is 260 g/mol. The molecule has 98 valence electrons. The lowest BCUT2D eigenvalue weighted by Crippen LogP contribution is -2.04. The Bertz CT molecular complexity index is 641. The molecule has 0 fully saturated rings. The molecule has 0 amide bonds. The molecule has 0 saturated carbocycles. The lowest BCUT2D eigenvalue weighted by molar-refractivity contribution is 0.0695. The molecule has 1 aromatic heterocycles. The van der Waals surface area contributed by atoms with Crippen molar-refractivity contribution in [1.82, 2.24) is 4.98 Å². The summed E-state index contributed by atoms with van der Waals surface area (Å²) < 4.78 is 13.7. The van der Waals surface area contributed by atoms with Crippen molar-refractivity contribution in [2.24, 2.45) is 0 Å². The van der Waals surface area contributed by atoms with E-state index in [0.717, 1.165) is 5.56 Å². The van der Waals surface area contributed by atoms with Crippen molar-refractivity contribution in [2.75, 3.05) is 5.32 Å². The molecule has 1 aromatic carbocycles. The Hall–Kier alpha value is -2.43. The van der Waals surface area contributed by atoms with Crippen LogP contribution >= 0.6 is 0 Å². The van der Waals surface area contributed by atoms with Crippen LogP contribution in [0.1, 0.15) is 21.6 Å². The Morgan fingerprint density at radius 1 is 1.26 bits per heavy atom. The molecule has 0 radical (unpaired) electrons. The molecule has 0 aliphatic heterocycles. The molecule has 19 heavy (non-hydrogen) atoms. The zero-order valence-corrected chi connectivity index (χ0v) is 10.6. The molecular formula is C14H13FN2O2. The standard InChI is InChI=1S/C14H13FN2O2/c1-8-3-5-12(11(15)7-8)17-13-6-4-10(14(18)19)9(2)16-13/h3-7H,1-2H3,(H,16,17)(H,18,19). The highest BCUT2D eigenvalue weighted by Crippen LogP contribution is 2.20. The predicted octanol–water partition coefficient (Wildman–Crippen LogP) is 3.28. The maximum Gasteiger partial charge on any atom is 0.337 e. The maximum atomic E-state index is 13.7. The number of aromatic carboxylic acids is 1. The first-order valence-electron chi connectivity index (χ1n) is 5.71. The van der Waals surface area contributed by atoms with Gasteiger partial charge in [-0.05, 0) is 43.7 Å². The summed E-state index contributed by atoms with van der Waals surface area (Å²) in [6.07, 6.45) is 0. The fourth-order valence-electron chi connectivity index (χ4n) is 1.72. The van der Waals surface area contributed by atoms with E-state index in [9.17, 15) is 9.18 Å². The topological polar surface area (TPSA) is 62.2 Å². The molecule has 2 N–H and O–H groups in total. The van der Waals surface area contributed by atoms with Crippen LogP contribution < -0.4 is 5.32 Å². The number of aryl methyl sites for hydroxylation is 2. The van der Waals surface area contributed by atoms with Crippen LogP contribution in [0.2, 0.25) is 0 Å². The number of halogens is 1. The van der Waals surface area contributed by atoms with Crippen molar-refractivity contribution < 1.29 is 14.3 Å². The molecule has 1 heterocycles. The number of nitrogens with one attached hydrogen (secondary N) is 1. The van der Waals surface area contributed by atoms with Crippen LogP contribution in [0.5, 0.6) is 0 Å². The molecular weight excluding hydrogens is 247 g/mol. The van der Waals surface area contributed by atoms with Crippen LogP contribution in [-0.4, -0.2) is 16.1 Å². The summed E-state index contributed by atoms with van der Waals surface area (Å²) in [5.74, 6) is -0.995. The first kappa shape index (κ1) is 13.0. The number of carbonyl (C=O) groups is 1. The third-order valence-corrected chi connectivity index (χ3v) is 2.70. The second kappa shape index (κ2) is 5.06. The molecule has 4 nitrogen and oxygen atoms in total. The smallest absolute Gasteiger partial charge is 0.337 e. The summed E-state index contributed by atoms with van der Waals surface area (Å²) in [7, 11) is 0. The summed E-state index contributed by atoms with van der Waals surface area (Å²) in [5, 5.41) is 11.7. The van der Waals surface area contributed by atoms with Crippen molar-refractivity contribution in [2.45, 2.75) is 13.8 Å². The van der Waals surface area contributed by atoms with E-state index in [1.807, 2.05) is 0 Å². The first-order chi connectivity index (χ1) is 8.97. The SMILES string of the molecule is Cc1ccc(Nc2ccc(C(=O)O)c(C)n2)c(F)c1. The first-order valence-corrected chi connectivity index (χ1v) is 5.71. The van der Waals surface area contributed by atoms with E-state index in [1.165, 1.54) is 18.2 Å². The minimum Gasteiger partial charge on any atom is -0.478 e. The summed E-state index contributed by atoms with van der Waals surface area (Å²) in [6, 6.07) is 7.77. The third-order valence-electron chi connectivity index (χ3n) is 2.70. The van der Waals surface area contributed by atoms with Gasteiger partial charge in [-0.25, -0.2) is 14.2 Å². The van der Waals surface area contributed by atoms with Gasteiger partial charge in [0.25, 0.3) is 0 Å². The zero-order valence-electron chi connectivity index (χ0n) is 10.6. The Morgan fingerprint density at radius 2 is 2.00 bits per heavy atom. The fraction of sp³-hybridized carbons (Fsp3) is 0.143. The number of hydrogen-bond donors (Lipinski definition) is 2. The van der Waals surface area contributed by atoms with Crippen molar-refractivity contribution in [1.29, 1.82) is 0 Å². The molecule has 2 aromatic rings. The van der Waals surface area contributed by atoms with Gasteiger partial charge in [-0.2, -0.15) is 0 Å². The van der Waals surface area contributed by atoms with E-state index < -0.39 is 5.97 Å². The normalized spacial score (nSPS) is 10.3. The van der Waals surface area contributed by atoms with Crippen LogP contribution in [0, 0.1) is 19.7 Å². The quantitative estimate of drug-likeness (QED) is 0.889. The van der Waals surface area contributed by atoms with E-state index in [2.05, 4.69) is 10.3 Å². The summed E-state index contributed by atoms with van der Waals surface area (Å²) in [4.78, 5) is 15.0. The van der Waals surface area contributed by atoms with Gasteiger partial charge >= 0.3 is 5.97 Å². The molecule has 0 bridgehead atoms. The average molecular weight is 260 g/mol. The highest BCUT2D eigenvalue weighted by Gasteiger charge is 2.09. The molecule has 0 unspecified atom stereocenters. The van der Waals surface area contributed by atoms with E-state index in [4.69, 9.17) is 5.11 Å². The second-order valence-electron chi connectivity index (χ2n) is 4.24. The molecule has 0 aliphatic carbocycles. The number of aromatic nitrogens is 1. The van der Waals surface area contributed by atoms with Gasteiger partial charge in [0.05, 0.1) is 16.9 Å². The zero-order chi connectivity index (χ0) is 14.0. The van der Waals surface area contributed by atoms with Crippen LogP contribution in [0.4, 0.5) is 15.9 Å². The lowest BCUT2D eigenvalue weighted by atomic mass is 10.2. The molecule has 0 atom stereocenters. The van der Waals surface area contributed by atoms with E-state index in [-0.39, 0.29) is 11.4 Å². The van der Waals surface area contributed by atoms with Gasteiger partial charge in [-0.1, -0.05) is 6.07 Å². The molecule has 0 spiro atoms. The Labute approximate surface area is 109 Å². The number of pyridine rings is 1. The Kier molecular flexibility index (Phi) is 3.46. The number of carboxylic acids is 1. The molecule has 2 rings (SSSR count). The number of nitrogens with zero attached hydrogens (tertiary/aromatic N) is 1. The number of carboxylic acid groups (broad SMARTS) is 1. The maximum absolute atomic E-state index is 13.7. The van der Waals surface area contributed by atoms with Crippen LogP contribution in [0.25, 0.3) is 0 Å². The van der Waals surface area contributed by atoms with Crippen LogP contribution in [0.3, 0.4) is 0 Å². The van der Waals surface area contributed by atoms with Crippen molar-refractivity contribution in [3.05, 3.63) is 53.0 Å². The Balaban J connectivity index is 2.29. The highest BCUT2D eigenvalue weighted by atomic mass is 19.1. The molecule has 0 saturated heterocycles. The van der Waals surface area contributed by atoms with E-state index in [1.54, 1.807) is 26.0 Å². The number of rotatable bonds is 3. The summed E-state index contributed by atoms with van der Waals surface area (Å²) in [5.41, 5.74) is 1.65. The lowest BCUT2D eigenvalue weighted by Gasteiger charge is -2.09. The molecule has 5 heteroatoms. The minimum atomic E-state index is -1.03. The van der Waals surface area contributed by atoms with Gasteiger partial charge in [0.1, 0.15) is 11.6 Å². The second-order valence-corrected chi connectivity index (χ2v) is 4.24. The van der Waals surface area contributed by atoms with Gasteiger partial charge in [0.2, 0.25) is 0 Å². The van der Waals surface area contributed by atoms with Gasteiger partial charge in [0.15, 0.2) is 0 Å². The van der Waals surface area contributed by atoms with Crippen LogP contribution in [-0.2, 0) is 0 Å². The molecule has 0 aliphatic rings. The summed E-state index contributed by atoms with van der Waals surface area (Å²) in [6.45, 7) is 3.40. The number of hydrogen-bond acceptors (Lipinski definition) is 3. The van der Waals surface area contributed by atoms with Gasteiger partial charge in [-0.15, -0.1) is 0 Å². The number of anilines is 2. The van der Waals surface area contributed by atoms with Gasteiger partial charge in [0, 0.05) is 0 Å². The van der Waals surface area contributed by atoms with E-state index in [0.29, 0.717) is 17.2 Å². The predicted molar refractivity (Wildman–Crippen MR) is 70.4 cm³/mol. The van der Waals surface area contributed by atoms with Gasteiger partial charge < -0.3 is 10.4 Å². The minimum absolute atomic E-state index is 0.134. The van der Waals surface area contributed by atoms with Crippen molar-refractivity contribution in [3.63, 3.8) is 0 Å². The van der Waals surface area contributed by atoms with E-state index >= 15 is 0 Å². The van der Waals surface area contributed by atoms with Crippen molar-refractivity contribution >= 4 is 17.5 Å². The van der Waals surface area contributed by atoms with Gasteiger partial charge in [-0.3, -0.25) is 0 Å². The van der Waals surface area contributed by atoms with Crippen LogP contribution in [0.15, 0.2) is 30.3 Å². The van der Waals surface area contributed by atoms with Crippen molar-refractivity contribution in [3.8, 4) is 0 Å².